The summed E-state index contributed by atoms with van der Waals surface area (Å²) in [5.41, 5.74) is 0.415. The van der Waals surface area contributed by atoms with E-state index >= 15 is 0 Å². The summed E-state index contributed by atoms with van der Waals surface area (Å²) in [6.07, 6.45) is 0. The van der Waals surface area contributed by atoms with Crippen LogP contribution >= 0.6 is 0 Å². The second-order valence-corrected chi connectivity index (χ2v) is 7.73. The van der Waals surface area contributed by atoms with Gasteiger partial charge in [-0.15, -0.1) is 0 Å². The van der Waals surface area contributed by atoms with Crippen molar-refractivity contribution >= 4 is 27.3 Å². The Morgan fingerprint density at radius 3 is 2.22 bits per heavy atom. The van der Waals surface area contributed by atoms with Crippen LogP contribution in [-0.2, 0) is 10.0 Å². The van der Waals surface area contributed by atoms with Gasteiger partial charge in [0.05, 0.1) is 9.82 Å². The molecule has 2 aromatic carbocycles. The molecule has 1 N–H and O–H groups in total. The molecule has 0 aromatic heterocycles. The summed E-state index contributed by atoms with van der Waals surface area (Å²) in [5, 5.41) is 13.8. The molecule has 144 valence electrons. The molecule has 0 aliphatic carbocycles. The number of nitro benzene ring substituents is 1. The lowest BCUT2D eigenvalue weighted by atomic mass is 10.1. The average Bonchev–Trinajstić information content (AvgIpc) is 2.62. The zero-order valence-corrected chi connectivity index (χ0v) is 16.1. The van der Waals surface area contributed by atoms with Gasteiger partial charge in [-0.2, -0.15) is 4.31 Å². The Bertz CT molecular complexity index is 951. The molecule has 0 unspecified atom stereocenters. The maximum Gasteiger partial charge on any atom is 0.285 e. The number of carbonyl (C=O) groups excluding carboxylic acids is 1. The van der Waals surface area contributed by atoms with Crippen molar-refractivity contribution in [1.82, 2.24) is 4.31 Å². The number of hydrogen-bond donors (Lipinski definition) is 1. The maximum absolute atomic E-state index is 12.5. The fourth-order valence-corrected chi connectivity index (χ4v) is 4.16. The highest BCUT2D eigenvalue weighted by Gasteiger charge is 2.23. The standard InChI is InChI=1S/C18H21N3O5S/c1-4-20(5-2)27(25,26)15-11-9-14(10-12-15)19-18(22)16-8-6-7-13(3)17(16)21(23)24/h6-12H,4-5H2,1-3H3,(H,19,22). The monoisotopic (exact) mass is 391 g/mol. The Balaban J connectivity index is 2.27. The van der Waals surface area contributed by atoms with E-state index in [1.807, 2.05) is 0 Å². The second-order valence-electron chi connectivity index (χ2n) is 5.80. The van der Waals surface area contributed by atoms with Crippen molar-refractivity contribution in [3.8, 4) is 0 Å². The fourth-order valence-electron chi connectivity index (χ4n) is 2.71. The number of nitrogens with one attached hydrogen (secondary N) is 1. The van der Waals surface area contributed by atoms with E-state index in [1.54, 1.807) is 32.9 Å². The van der Waals surface area contributed by atoms with Gasteiger partial charge in [0.2, 0.25) is 10.0 Å². The molecule has 8 nitrogen and oxygen atoms in total. The van der Waals surface area contributed by atoms with Crippen LogP contribution in [0.15, 0.2) is 47.4 Å². The van der Waals surface area contributed by atoms with Crippen molar-refractivity contribution in [3.63, 3.8) is 0 Å². The van der Waals surface area contributed by atoms with Gasteiger partial charge < -0.3 is 5.32 Å². The lowest BCUT2D eigenvalue weighted by molar-refractivity contribution is -0.385. The van der Waals surface area contributed by atoms with Gasteiger partial charge in [0.1, 0.15) is 5.56 Å². The predicted molar refractivity (Wildman–Crippen MR) is 102 cm³/mol. The van der Waals surface area contributed by atoms with E-state index in [9.17, 15) is 23.3 Å². The summed E-state index contributed by atoms with van der Waals surface area (Å²) in [6.45, 7) is 5.78. The molecular formula is C18H21N3O5S. The largest absolute Gasteiger partial charge is 0.322 e. The van der Waals surface area contributed by atoms with Crippen LogP contribution < -0.4 is 5.32 Å². The van der Waals surface area contributed by atoms with E-state index in [0.29, 0.717) is 24.3 Å². The third kappa shape index (κ3) is 4.32. The van der Waals surface area contributed by atoms with E-state index in [-0.39, 0.29) is 16.1 Å². The van der Waals surface area contributed by atoms with Crippen LogP contribution in [0.5, 0.6) is 0 Å². The lowest BCUT2D eigenvalue weighted by Crippen LogP contribution is -2.30. The quantitative estimate of drug-likeness (QED) is 0.576. The number of benzene rings is 2. The van der Waals surface area contributed by atoms with Crippen LogP contribution in [0.4, 0.5) is 11.4 Å². The number of para-hydroxylation sites is 1. The summed E-state index contributed by atoms with van der Waals surface area (Å²) in [6, 6.07) is 10.2. The molecule has 0 saturated carbocycles. The molecular weight excluding hydrogens is 370 g/mol. The van der Waals surface area contributed by atoms with Gasteiger partial charge in [-0.3, -0.25) is 14.9 Å². The molecule has 2 rings (SSSR count). The first-order chi connectivity index (χ1) is 12.7. The molecule has 0 atom stereocenters. The van der Waals surface area contributed by atoms with E-state index in [2.05, 4.69) is 5.32 Å². The van der Waals surface area contributed by atoms with Gasteiger partial charge in [-0.05, 0) is 37.3 Å². The Hall–Kier alpha value is -2.78. The molecule has 0 aliphatic heterocycles. The number of carbonyl (C=O) groups is 1. The van der Waals surface area contributed by atoms with Gasteiger partial charge in [0.15, 0.2) is 0 Å². The molecule has 0 heterocycles. The summed E-state index contributed by atoms with van der Waals surface area (Å²) in [5.74, 6) is -0.634. The van der Waals surface area contributed by atoms with Crippen LogP contribution in [0, 0.1) is 17.0 Å². The number of sulfonamides is 1. The Morgan fingerprint density at radius 2 is 1.70 bits per heavy atom. The topological polar surface area (TPSA) is 110 Å². The molecule has 0 radical (unpaired) electrons. The number of nitro groups is 1. The van der Waals surface area contributed by atoms with E-state index < -0.39 is 20.9 Å². The van der Waals surface area contributed by atoms with E-state index in [4.69, 9.17) is 0 Å². The van der Waals surface area contributed by atoms with Crippen LogP contribution in [0.2, 0.25) is 0 Å². The Morgan fingerprint density at radius 1 is 1.11 bits per heavy atom. The minimum Gasteiger partial charge on any atom is -0.322 e. The maximum atomic E-state index is 12.5. The van der Waals surface area contributed by atoms with Crippen LogP contribution in [-0.4, -0.2) is 36.6 Å². The predicted octanol–water partition coefficient (Wildman–Crippen LogP) is 3.19. The SMILES string of the molecule is CCN(CC)S(=O)(=O)c1ccc(NC(=O)c2cccc(C)c2[N+](=O)[O-])cc1. The Kier molecular flexibility index (Phi) is 6.29. The van der Waals surface area contributed by atoms with Crippen LogP contribution in [0.25, 0.3) is 0 Å². The summed E-state index contributed by atoms with van der Waals surface area (Å²) < 4.78 is 26.3. The van der Waals surface area contributed by atoms with Gasteiger partial charge >= 0.3 is 0 Å². The highest BCUT2D eigenvalue weighted by atomic mass is 32.2. The number of hydrogen-bond acceptors (Lipinski definition) is 5. The molecule has 0 spiro atoms. The zero-order valence-electron chi connectivity index (χ0n) is 15.3. The molecule has 1 amide bonds. The summed E-state index contributed by atoms with van der Waals surface area (Å²) in [7, 11) is -3.59. The van der Waals surface area contributed by atoms with Gasteiger partial charge in [-0.25, -0.2) is 8.42 Å². The first-order valence-corrected chi connectivity index (χ1v) is 9.82. The van der Waals surface area contributed by atoms with E-state index in [0.717, 1.165) is 0 Å². The van der Waals surface area contributed by atoms with Crippen LogP contribution in [0.3, 0.4) is 0 Å². The number of aryl methyl sites for hydroxylation is 1. The highest BCUT2D eigenvalue weighted by Crippen LogP contribution is 2.24. The number of nitrogens with zero attached hydrogens (tertiary/aromatic N) is 2. The Labute approximate surface area is 158 Å². The third-order valence-electron chi connectivity index (χ3n) is 4.12. The number of rotatable bonds is 7. The van der Waals surface area contributed by atoms with Crippen molar-refractivity contribution in [2.75, 3.05) is 18.4 Å². The average molecular weight is 391 g/mol. The molecule has 0 bridgehead atoms. The van der Waals surface area contributed by atoms with Crippen molar-refractivity contribution < 1.29 is 18.1 Å². The smallest absolute Gasteiger partial charge is 0.285 e. The van der Waals surface area contributed by atoms with Crippen molar-refractivity contribution in [3.05, 3.63) is 63.7 Å². The number of amides is 1. The lowest BCUT2D eigenvalue weighted by Gasteiger charge is -2.18. The molecule has 9 heteroatoms. The minimum absolute atomic E-state index is 0.0557. The molecule has 2 aromatic rings. The zero-order chi connectivity index (χ0) is 20.2. The van der Waals surface area contributed by atoms with E-state index in [1.165, 1.54) is 34.6 Å². The molecule has 0 saturated heterocycles. The number of anilines is 1. The third-order valence-corrected chi connectivity index (χ3v) is 6.18. The first-order valence-electron chi connectivity index (χ1n) is 8.37. The summed E-state index contributed by atoms with van der Waals surface area (Å²) >= 11 is 0. The molecule has 0 fully saturated rings. The minimum atomic E-state index is -3.59. The van der Waals surface area contributed by atoms with Crippen molar-refractivity contribution in [1.29, 1.82) is 0 Å². The first kappa shape index (κ1) is 20.5. The second kappa shape index (κ2) is 8.28. The van der Waals surface area contributed by atoms with Gasteiger partial charge in [0, 0.05) is 24.3 Å². The van der Waals surface area contributed by atoms with Crippen LogP contribution in [0.1, 0.15) is 29.8 Å². The molecule has 0 aliphatic rings. The van der Waals surface area contributed by atoms with Gasteiger partial charge in [-0.1, -0.05) is 26.0 Å². The van der Waals surface area contributed by atoms with Crippen molar-refractivity contribution in [2.45, 2.75) is 25.7 Å². The molecule has 27 heavy (non-hydrogen) atoms. The van der Waals surface area contributed by atoms with Crippen molar-refractivity contribution in [2.24, 2.45) is 0 Å². The summed E-state index contributed by atoms with van der Waals surface area (Å²) in [4.78, 5) is 23.2. The fraction of sp³-hybridized carbons (Fsp3) is 0.278. The highest BCUT2D eigenvalue weighted by molar-refractivity contribution is 7.89. The van der Waals surface area contributed by atoms with Gasteiger partial charge in [0.25, 0.3) is 11.6 Å². The normalized spacial score (nSPS) is 11.4.